The third kappa shape index (κ3) is 3.35. The summed E-state index contributed by atoms with van der Waals surface area (Å²) in [5.41, 5.74) is 7.80. The predicted octanol–water partition coefficient (Wildman–Crippen LogP) is 3.06. The van der Waals surface area contributed by atoms with Crippen molar-refractivity contribution in [3.05, 3.63) is 45.0 Å². The second-order valence-corrected chi connectivity index (χ2v) is 8.07. The Hall–Kier alpha value is -2.87. The van der Waals surface area contributed by atoms with Crippen LogP contribution in [0.2, 0.25) is 0 Å². The highest BCUT2D eigenvalue weighted by Gasteiger charge is 2.32. The number of hydrogen-bond acceptors (Lipinski definition) is 5. The Balaban J connectivity index is 1.97. The summed E-state index contributed by atoms with van der Waals surface area (Å²) in [6.45, 7) is 3.65. The first kappa shape index (κ1) is 20.4. The van der Waals surface area contributed by atoms with E-state index in [1.807, 2.05) is 11.8 Å². The molecule has 2 aromatic rings. The molecular formula is C22H26FN3O4. The summed E-state index contributed by atoms with van der Waals surface area (Å²) in [5.74, 6) is -1.63. The molecule has 1 aliphatic heterocycles. The molecule has 1 saturated carbocycles. The molecule has 0 bridgehead atoms. The third-order valence-corrected chi connectivity index (χ3v) is 6.09. The molecule has 0 radical (unpaired) electrons. The zero-order valence-corrected chi connectivity index (χ0v) is 17.2. The van der Waals surface area contributed by atoms with Crippen LogP contribution in [-0.2, 0) is 0 Å². The first-order valence-corrected chi connectivity index (χ1v) is 10.2. The Bertz CT molecular complexity index is 1120. The van der Waals surface area contributed by atoms with Crippen molar-refractivity contribution in [1.82, 2.24) is 4.57 Å². The SMILES string of the molecule is COc1c(N2CCCC(=C(C)CN)C2)c(F)cc2c(=O)c(C(=O)O)cn(C3CC3)c12. The number of anilines is 1. The van der Waals surface area contributed by atoms with E-state index in [1.165, 1.54) is 18.9 Å². The average molecular weight is 415 g/mol. The smallest absolute Gasteiger partial charge is 0.341 e. The van der Waals surface area contributed by atoms with E-state index in [9.17, 15) is 14.7 Å². The number of carboxylic acid groups (broad SMARTS) is 1. The zero-order chi connectivity index (χ0) is 21.6. The van der Waals surface area contributed by atoms with Crippen molar-refractivity contribution in [2.75, 3.05) is 31.6 Å². The zero-order valence-electron chi connectivity index (χ0n) is 17.2. The number of aromatic carboxylic acids is 1. The maximum atomic E-state index is 15.4. The molecule has 1 aliphatic carbocycles. The fourth-order valence-corrected chi connectivity index (χ4v) is 4.28. The van der Waals surface area contributed by atoms with Crippen LogP contribution in [0.5, 0.6) is 5.75 Å². The van der Waals surface area contributed by atoms with E-state index in [1.54, 1.807) is 4.57 Å². The van der Waals surface area contributed by atoms with E-state index in [0.717, 1.165) is 37.3 Å². The molecule has 2 heterocycles. The summed E-state index contributed by atoms with van der Waals surface area (Å²) in [6, 6.07) is 1.24. The van der Waals surface area contributed by atoms with Gasteiger partial charge in [0.05, 0.1) is 18.0 Å². The number of rotatable bonds is 5. The Morgan fingerprint density at radius 1 is 1.40 bits per heavy atom. The molecule has 0 unspecified atom stereocenters. The summed E-state index contributed by atoms with van der Waals surface area (Å²) < 4.78 is 22.8. The molecular weight excluding hydrogens is 389 g/mol. The van der Waals surface area contributed by atoms with Crippen LogP contribution in [0.3, 0.4) is 0 Å². The number of aromatic nitrogens is 1. The van der Waals surface area contributed by atoms with Crippen LogP contribution in [0.25, 0.3) is 10.9 Å². The van der Waals surface area contributed by atoms with Crippen LogP contribution < -0.4 is 20.8 Å². The molecule has 8 heteroatoms. The molecule has 1 aromatic heterocycles. The summed E-state index contributed by atoms with van der Waals surface area (Å²) >= 11 is 0. The molecule has 1 saturated heterocycles. The van der Waals surface area contributed by atoms with E-state index in [2.05, 4.69) is 0 Å². The van der Waals surface area contributed by atoms with Crippen molar-refractivity contribution in [3.8, 4) is 5.75 Å². The molecule has 2 aliphatic rings. The van der Waals surface area contributed by atoms with Crippen LogP contribution in [0.1, 0.15) is 49.0 Å². The number of nitrogens with zero attached hydrogens (tertiary/aromatic N) is 2. The van der Waals surface area contributed by atoms with Gasteiger partial charge in [-0.3, -0.25) is 4.79 Å². The lowest BCUT2D eigenvalue weighted by molar-refractivity contribution is 0.0695. The van der Waals surface area contributed by atoms with Gasteiger partial charge in [-0.15, -0.1) is 0 Å². The molecule has 7 nitrogen and oxygen atoms in total. The van der Waals surface area contributed by atoms with E-state index in [0.29, 0.717) is 30.8 Å². The summed E-state index contributed by atoms with van der Waals surface area (Å²) in [6.07, 6.45) is 4.90. The van der Waals surface area contributed by atoms with Gasteiger partial charge in [-0.1, -0.05) is 11.1 Å². The van der Waals surface area contributed by atoms with Crippen LogP contribution in [0, 0.1) is 5.82 Å². The summed E-state index contributed by atoms with van der Waals surface area (Å²) in [5, 5.41) is 9.48. The number of methoxy groups -OCH3 is 1. The second kappa shape index (κ2) is 7.75. The number of pyridine rings is 1. The van der Waals surface area contributed by atoms with Gasteiger partial charge in [0.15, 0.2) is 11.6 Å². The van der Waals surface area contributed by atoms with Crippen molar-refractivity contribution >= 4 is 22.6 Å². The number of hydrogen-bond donors (Lipinski definition) is 2. The van der Waals surface area contributed by atoms with Gasteiger partial charge in [0.2, 0.25) is 5.43 Å². The first-order valence-electron chi connectivity index (χ1n) is 10.2. The van der Waals surface area contributed by atoms with Crippen molar-refractivity contribution in [2.24, 2.45) is 5.73 Å². The van der Waals surface area contributed by atoms with Crippen LogP contribution >= 0.6 is 0 Å². The van der Waals surface area contributed by atoms with E-state index < -0.39 is 17.2 Å². The largest absolute Gasteiger partial charge is 0.492 e. The number of halogens is 1. The van der Waals surface area contributed by atoms with E-state index in [4.69, 9.17) is 10.5 Å². The molecule has 1 aromatic carbocycles. The van der Waals surface area contributed by atoms with E-state index >= 15 is 4.39 Å². The Morgan fingerprint density at radius 2 is 2.13 bits per heavy atom. The molecule has 4 rings (SSSR count). The lowest BCUT2D eigenvalue weighted by Crippen LogP contribution is -2.33. The Morgan fingerprint density at radius 3 is 2.73 bits per heavy atom. The minimum absolute atomic E-state index is 0.0332. The number of nitrogens with two attached hydrogens (primary N) is 1. The number of ether oxygens (including phenoxy) is 1. The fourth-order valence-electron chi connectivity index (χ4n) is 4.28. The number of fused-ring (bicyclic) bond motifs is 1. The Kier molecular flexibility index (Phi) is 5.27. The summed E-state index contributed by atoms with van der Waals surface area (Å²) in [4.78, 5) is 26.3. The number of benzene rings is 1. The second-order valence-electron chi connectivity index (χ2n) is 8.07. The lowest BCUT2D eigenvalue weighted by atomic mass is 9.98. The first-order chi connectivity index (χ1) is 14.4. The van der Waals surface area contributed by atoms with Gasteiger partial charge in [0, 0.05) is 31.9 Å². The predicted molar refractivity (Wildman–Crippen MR) is 113 cm³/mol. The monoisotopic (exact) mass is 415 g/mol. The normalized spacial score (nSPS) is 18.6. The maximum absolute atomic E-state index is 15.4. The highest BCUT2D eigenvalue weighted by molar-refractivity contribution is 5.97. The van der Waals surface area contributed by atoms with Gasteiger partial charge in [-0.2, -0.15) is 0 Å². The van der Waals surface area contributed by atoms with Crippen LogP contribution in [0.15, 0.2) is 28.2 Å². The van der Waals surface area contributed by atoms with Crippen LogP contribution in [0.4, 0.5) is 10.1 Å². The highest BCUT2D eigenvalue weighted by Crippen LogP contribution is 2.44. The van der Waals surface area contributed by atoms with Gasteiger partial charge in [0.25, 0.3) is 0 Å². The fraction of sp³-hybridized carbons (Fsp3) is 0.455. The van der Waals surface area contributed by atoms with Gasteiger partial charge >= 0.3 is 5.97 Å². The summed E-state index contributed by atoms with van der Waals surface area (Å²) in [7, 11) is 1.45. The van der Waals surface area contributed by atoms with Crippen molar-refractivity contribution in [1.29, 1.82) is 0 Å². The number of carbonyl (C=O) groups is 1. The molecule has 0 amide bonds. The van der Waals surface area contributed by atoms with Crippen molar-refractivity contribution in [2.45, 2.75) is 38.6 Å². The molecule has 3 N–H and O–H groups in total. The van der Waals surface area contributed by atoms with Gasteiger partial charge in [-0.05, 0) is 38.7 Å². The number of carboxylic acids is 1. The van der Waals surface area contributed by atoms with Gasteiger partial charge < -0.3 is 25.0 Å². The minimum atomic E-state index is -1.32. The van der Waals surface area contributed by atoms with Gasteiger partial charge in [-0.25, -0.2) is 9.18 Å². The van der Waals surface area contributed by atoms with E-state index in [-0.39, 0.29) is 22.7 Å². The molecule has 30 heavy (non-hydrogen) atoms. The molecule has 160 valence electrons. The van der Waals surface area contributed by atoms with Crippen molar-refractivity contribution < 1.29 is 19.0 Å². The highest BCUT2D eigenvalue weighted by atomic mass is 19.1. The Labute approximate surface area is 173 Å². The molecule has 0 atom stereocenters. The lowest BCUT2D eigenvalue weighted by Gasteiger charge is -2.33. The standard InChI is InChI=1S/C22H26FN3O4/c1-12(9-24)13-4-3-7-25(10-13)19-17(23)8-15-18(21(19)30-2)26(14-5-6-14)11-16(20(15)27)22(28)29/h8,11,14H,3-7,9-10,24H2,1-2H3,(H,28,29). The molecule has 0 spiro atoms. The molecule has 2 fully saturated rings. The average Bonchev–Trinajstić information content (AvgIpc) is 3.58. The quantitative estimate of drug-likeness (QED) is 0.729. The van der Waals surface area contributed by atoms with Crippen LogP contribution in [-0.4, -0.2) is 42.4 Å². The number of piperidine rings is 1. The maximum Gasteiger partial charge on any atom is 0.341 e. The topological polar surface area (TPSA) is 97.8 Å². The van der Waals surface area contributed by atoms with Crippen molar-refractivity contribution in [3.63, 3.8) is 0 Å². The van der Waals surface area contributed by atoms with Gasteiger partial charge in [0.1, 0.15) is 11.3 Å². The minimum Gasteiger partial charge on any atom is -0.492 e. The third-order valence-electron chi connectivity index (χ3n) is 6.09.